The first kappa shape index (κ1) is 16.4. The molecule has 0 radical (unpaired) electrons. The van der Waals surface area contributed by atoms with E-state index in [1.807, 2.05) is 79.0 Å². The maximum absolute atomic E-state index is 13.1. The number of furan rings is 1. The van der Waals surface area contributed by atoms with Gasteiger partial charge in [-0.25, -0.2) is 0 Å². The molecule has 2 aromatic heterocycles. The number of ketones is 1. The lowest BCUT2D eigenvalue weighted by Crippen LogP contribution is -2.86. The number of hydrogen-bond acceptors (Lipinski definition) is 2. The Balaban J connectivity index is 1.67. The number of aromatic amines is 1. The van der Waals surface area contributed by atoms with Gasteiger partial charge in [0.15, 0.2) is 5.76 Å². The minimum absolute atomic E-state index is 0.0966. The standard InChI is InChI=1S/C22H20N2O2/c1-15(20-12-7-13-26-20)23-14-19(25)21-17-10-5-6-11-18(17)24-22(21)16-8-3-2-4-9-16/h2-13,15,23-24H,14H2,1H3/p+1/t15-/m1/s1. The fraction of sp³-hybridized carbons (Fsp3) is 0.136. The van der Waals surface area contributed by atoms with E-state index in [9.17, 15) is 4.79 Å². The second kappa shape index (κ2) is 7.02. The summed E-state index contributed by atoms with van der Waals surface area (Å²) in [5.41, 5.74) is 3.64. The number of para-hydroxylation sites is 1. The fourth-order valence-corrected chi connectivity index (χ4v) is 3.31. The number of nitrogens with one attached hydrogen (secondary N) is 1. The third-order valence-electron chi connectivity index (χ3n) is 4.70. The van der Waals surface area contributed by atoms with Crippen molar-refractivity contribution < 1.29 is 14.5 Å². The number of carbonyl (C=O) groups excluding carboxylic acids is 1. The van der Waals surface area contributed by atoms with E-state index in [-0.39, 0.29) is 11.8 Å². The Bertz CT molecular complexity index is 1020. The highest BCUT2D eigenvalue weighted by atomic mass is 16.3. The molecule has 0 unspecified atom stereocenters. The van der Waals surface area contributed by atoms with Gasteiger partial charge in [-0.3, -0.25) is 4.79 Å². The molecule has 130 valence electrons. The van der Waals surface area contributed by atoms with Gasteiger partial charge < -0.3 is 14.7 Å². The normalized spacial score (nSPS) is 12.3. The first-order valence-corrected chi connectivity index (χ1v) is 8.80. The zero-order chi connectivity index (χ0) is 17.9. The summed E-state index contributed by atoms with van der Waals surface area (Å²) >= 11 is 0. The fourth-order valence-electron chi connectivity index (χ4n) is 3.31. The number of rotatable bonds is 6. The minimum atomic E-state index is 0.0966. The number of hydrogen-bond donors (Lipinski definition) is 2. The van der Waals surface area contributed by atoms with Gasteiger partial charge in [-0.1, -0.05) is 48.5 Å². The van der Waals surface area contributed by atoms with Crippen LogP contribution in [0.15, 0.2) is 77.4 Å². The molecule has 0 saturated heterocycles. The number of quaternary nitrogens is 1. The Hall–Kier alpha value is -3.11. The highest BCUT2D eigenvalue weighted by Gasteiger charge is 2.22. The molecule has 0 aliphatic heterocycles. The SMILES string of the molecule is C[C@@H]([NH2+]CC(=O)c1c(-c2ccccc2)[nH]c2ccccc12)c1ccco1. The second-order valence-corrected chi connectivity index (χ2v) is 6.45. The summed E-state index contributed by atoms with van der Waals surface area (Å²) in [5.74, 6) is 0.986. The van der Waals surface area contributed by atoms with Crippen molar-refractivity contribution in [2.45, 2.75) is 13.0 Å². The van der Waals surface area contributed by atoms with Crippen molar-refractivity contribution in [3.05, 3.63) is 84.3 Å². The minimum Gasteiger partial charge on any atom is -0.463 e. The number of Topliss-reactive ketones (excluding diaryl/α,β-unsaturated/α-hetero) is 1. The molecule has 4 nitrogen and oxygen atoms in total. The van der Waals surface area contributed by atoms with E-state index >= 15 is 0 Å². The van der Waals surface area contributed by atoms with Gasteiger partial charge >= 0.3 is 0 Å². The molecule has 3 N–H and O–H groups in total. The third kappa shape index (κ3) is 3.07. The van der Waals surface area contributed by atoms with Crippen molar-refractivity contribution in [2.75, 3.05) is 6.54 Å². The number of nitrogens with two attached hydrogens (primary N) is 1. The summed E-state index contributed by atoms with van der Waals surface area (Å²) in [6, 6.07) is 21.9. The zero-order valence-electron chi connectivity index (χ0n) is 14.6. The molecule has 2 aromatic carbocycles. The second-order valence-electron chi connectivity index (χ2n) is 6.45. The summed E-state index contributed by atoms with van der Waals surface area (Å²) < 4.78 is 5.43. The van der Waals surface area contributed by atoms with Gasteiger partial charge in [0, 0.05) is 10.9 Å². The van der Waals surface area contributed by atoms with E-state index in [4.69, 9.17) is 4.42 Å². The molecule has 0 aliphatic rings. The largest absolute Gasteiger partial charge is 0.463 e. The summed E-state index contributed by atoms with van der Waals surface area (Å²) in [6.07, 6.45) is 1.66. The Morgan fingerprint density at radius 3 is 2.58 bits per heavy atom. The van der Waals surface area contributed by atoms with Crippen LogP contribution >= 0.6 is 0 Å². The zero-order valence-corrected chi connectivity index (χ0v) is 14.6. The van der Waals surface area contributed by atoms with Crippen LogP contribution in [0, 0.1) is 0 Å². The Morgan fingerprint density at radius 1 is 1.04 bits per heavy atom. The number of benzene rings is 2. The van der Waals surface area contributed by atoms with E-state index in [1.54, 1.807) is 6.26 Å². The van der Waals surface area contributed by atoms with Gasteiger partial charge in [-0.15, -0.1) is 0 Å². The topological polar surface area (TPSA) is 62.6 Å². The third-order valence-corrected chi connectivity index (χ3v) is 4.70. The molecular weight excluding hydrogens is 324 g/mol. The molecule has 4 heteroatoms. The molecule has 0 saturated carbocycles. The number of H-pyrrole nitrogens is 1. The van der Waals surface area contributed by atoms with Crippen LogP contribution in [-0.2, 0) is 0 Å². The van der Waals surface area contributed by atoms with Crippen molar-refractivity contribution in [3.63, 3.8) is 0 Å². The maximum Gasteiger partial charge on any atom is 0.219 e. The highest BCUT2D eigenvalue weighted by Crippen LogP contribution is 2.30. The summed E-state index contributed by atoms with van der Waals surface area (Å²) in [4.78, 5) is 16.5. The van der Waals surface area contributed by atoms with Gasteiger partial charge in [-0.05, 0) is 30.7 Å². The van der Waals surface area contributed by atoms with Crippen LogP contribution in [0.4, 0.5) is 0 Å². The van der Waals surface area contributed by atoms with Crippen molar-refractivity contribution in [1.29, 1.82) is 0 Å². The van der Waals surface area contributed by atoms with E-state index in [1.165, 1.54) is 0 Å². The van der Waals surface area contributed by atoms with Crippen LogP contribution in [0.25, 0.3) is 22.2 Å². The lowest BCUT2D eigenvalue weighted by Gasteiger charge is -2.08. The van der Waals surface area contributed by atoms with E-state index in [2.05, 4.69) is 4.98 Å². The average Bonchev–Trinajstić information content (AvgIpc) is 3.34. The van der Waals surface area contributed by atoms with Gasteiger partial charge in [0.05, 0.1) is 17.5 Å². The summed E-state index contributed by atoms with van der Waals surface area (Å²) in [6.45, 7) is 2.41. The van der Waals surface area contributed by atoms with Gasteiger partial charge in [0.25, 0.3) is 0 Å². The first-order valence-electron chi connectivity index (χ1n) is 8.80. The monoisotopic (exact) mass is 345 g/mol. The van der Waals surface area contributed by atoms with Crippen LogP contribution in [0.2, 0.25) is 0 Å². The number of carbonyl (C=O) groups is 1. The average molecular weight is 345 g/mol. The molecule has 0 amide bonds. The number of aromatic nitrogens is 1. The molecule has 2 heterocycles. The lowest BCUT2D eigenvalue weighted by molar-refractivity contribution is -0.683. The number of fused-ring (bicyclic) bond motifs is 1. The Labute approximate surface area is 151 Å². The van der Waals surface area contributed by atoms with Crippen molar-refractivity contribution in [1.82, 2.24) is 4.98 Å². The van der Waals surface area contributed by atoms with Gasteiger partial charge in [-0.2, -0.15) is 0 Å². The molecule has 4 rings (SSSR count). The first-order chi connectivity index (χ1) is 12.7. The quantitative estimate of drug-likeness (QED) is 0.520. The molecule has 26 heavy (non-hydrogen) atoms. The van der Waals surface area contributed by atoms with Gasteiger partial charge in [0.1, 0.15) is 12.6 Å². The van der Waals surface area contributed by atoms with Crippen LogP contribution < -0.4 is 5.32 Å². The predicted octanol–water partition coefficient (Wildman–Crippen LogP) is 3.94. The van der Waals surface area contributed by atoms with Crippen LogP contribution in [0.1, 0.15) is 29.1 Å². The lowest BCUT2D eigenvalue weighted by atomic mass is 10.0. The van der Waals surface area contributed by atoms with E-state index in [0.717, 1.165) is 33.5 Å². The molecular formula is C22H21N2O2+. The smallest absolute Gasteiger partial charge is 0.219 e. The Kier molecular flexibility index (Phi) is 4.42. The Morgan fingerprint density at radius 2 is 1.81 bits per heavy atom. The molecule has 0 spiro atoms. The maximum atomic E-state index is 13.1. The summed E-state index contributed by atoms with van der Waals surface area (Å²) in [5, 5.41) is 2.98. The predicted molar refractivity (Wildman–Crippen MR) is 102 cm³/mol. The van der Waals surface area contributed by atoms with Gasteiger partial charge in [0.2, 0.25) is 5.78 Å². The molecule has 1 atom stereocenters. The molecule has 0 aliphatic carbocycles. The van der Waals surface area contributed by atoms with E-state index in [0.29, 0.717) is 6.54 Å². The van der Waals surface area contributed by atoms with Crippen LogP contribution in [0.5, 0.6) is 0 Å². The van der Waals surface area contributed by atoms with E-state index < -0.39 is 0 Å². The highest BCUT2D eigenvalue weighted by molar-refractivity contribution is 6.13. The van der Waals surface area contributed by atoms with Crippen molar-refractivity contribution in [2.24, 2.45) is 0 Å². The molecule has 0 fully saturated rings. The van der Waals surface area contributed by atoms with Crippen molar-refractivity contribution in [3.8, 4) is 11.3 Å². The van der Waals surface area contributed by atoms with Crippen LogP contribution in [-0.4, -0.2) is 17.3 Å². The van der Waals surface area contributed by atoms with Crippen LogP contribution in [0.3, 0.4) is 0 Å². The van der Waals surface area contributed by atoms with Crippen molar-refractivity contribution >= 4 is 16.7 Å². The molecule has 0 bridgehead atoms. The summed E-state index contributed by atoms with van der Waals surface area (Å²) in [7, 11) is 0. The molecule has 4 aromatic rings.